The smallest absolute Gasteiger partial charge is 0.343 e. The lowest BCUT2D eigenvalue weighted by Crippen LogP contribution is -2.39. The van der Waals surface area contributed by atoms with Gasteiger partial charge in [-0.2, -0.15) is 0 Å². The summed E-state index contributed by atoms with van der Waals surface area (Å²) in [6.45, 7) is -0.249. The molecule has 1 aliphatic carbocycles. The molecule has 1 aromatic rings. The zero-order valence-electron chi connectivity index (χ0n) is 15.9. The summed E-state index contributed by atoms with van der Waals surface area (Å²) < 4.78 is 16.2. The third-order valence-corrected chi connectivity index (χ3v) is 6.17. The zero-order valence-corrected chi connectivity index (χ0v) is 17.6. The second-order valence-corrected chi connectivity index (χ2v) is 8.26. The molecule has 0 N–H and O–H groups in total. The van der Waals surface area contributed by atoms with Gasteiger partial charge in [0.15, 0.2) is 18.1 Å². The Bertz CT molecular complexity index is 802. The summed E-state index contributed by atoms with van der Waals surface area (Å²) >= 11 is 6.79. The fourth-order valence-corrected chi connectivity index (χ4v) is 4.82. The van der Waals surface area contributed by atoms with Crippen LogP contribution in [0.1, 0.15) is 37.7 Å². The normalized spacial score (nSPS) is 19.2. The average molecular weight is 422 g/mol. The molecule has 0 unspecified atom stereocenters. The number of amides is 1. The average Bonchev–Trinajstić information content (AvgIpc) is 3.00. The SMILES string of the molecule is COC(=O)COc1c(/C=C2\SC(=S)N(C3CCCCC3)C2=O)cccc1OC. The molecule has 1 saturated heterocycles. The number of carbonyl (C=O) groups excluding carboxylic acids is 2. The molecule has 0 bridgehead atoms. The molecule has 1 heterocycles. The second kappa shape index (κ2) is 9.43. The van der Waals surface area contributed by atoms with Crippen LogP contribution in [0.3, 0.4) is 0 Å². The highest BCUT2D eigenvalue weighted by Gasteiger charge is 2.37. The van der Waals surface area contributed by atoms with Gasteiger partial charge in [0.2, 0.25) is 0 Å². The van der Waals surface area contributed by atoms with Crippen molar-refractivity contribution in [2.75, 3.05) is 20.8 Å². The summed E-state index contributed by atoms with van der Waals surface area (Å²) in [5.74, 6) is 0.294. The summed E-state index contributed by atoms with van der Waals surface area (Å²) in [5, 5.41) is 0. The molecule has 28 heavy (non-hydrogen) atoms. The van der Waals surface area contributed by atoms with E-state index in [0.717, 1.165) is 25.7 Å². The van der Waals surface area contributed by atoms with Crippen molar-refractivity contribution in [1.82, 2.24) is 4.90 Å². The van der Waals surface area contributed by atoms with Crippen molar-refractivity contribution in [2.45, 2.75) is 38.1 Å². The molecule has 1 aromatic carbocycles. The van der Waals surface area contributed by atoms with Crippen LogP contribution in [0.4, 0.5) is 0 Å². The Morgan fingerprint density at radius 1 is 1.29 bits per heavy atom. The summed E-state index contributed by atoms with van der Waals surface area (Å²) in [4.78, 5) is 26.8. The Morgan fingerprint density at radius 3 is 2.71 bits per heavy atom. The Morgan fingerprint density at radius 2 is 2.04 bits per heavy atom. The predicted molar refractivity (Wildman–Crippen MR) is 112 cm³/mol. The lowest BCUT2D eigenvalue weighted by molar-refractivity contribution is -0.143. The van der Waals surface area contributed by atoms with Crippen molar-refractivity contribution in [1.29, 1.82) is 0 Å². The Hall–Kier alpha value is -2.06. The summed E-state index contributed by atoms with van der Waals surface area (Å²) in [6.07, 6.45) is 7.20. The van der Waals surface area contributed by atoms with Crippen LogP contribution in [0, 0.1) is 0 Å². The fraction of sp³-hybridized carbons (Fsp3) is 0.450. The Labute approximate surface area is 174 Å². The van der Waals surface area contributed by atoms with E-state index in [-0.39, 0.29) is 18.6 Å². The highest BCUT2D eigenvalue weighted by Crippen LogP contribution is 2.40. The molecule has 150 valence electrons. The van der Waals surface area contributed by atoms with E-state index in [2.05, 4.69) is 4.74 Å². The number of thioether (sulfide) groups is 1. The minimum Gasteiger partial charge on any atom is -0.493 e. The van der Waals surface area contributed by atoms with Gasteiger partial charge in [-0.15, -0.1) is 0 Å². The molecule has 2 aliphatic rings. The van der Waals surface area contributed by atoms with Crippen molar-refractivity contribution in [2.24, 2.45) is 0 Å². The van der Waals surface area contributed by atoms with Crippen molar-refractivity contribution in [3.8, 4) is 11.5 Å². The number of benzene rings is 1. The number of ether oxygens (including phenoxy) is 3. The number of hydrogen-bond acceptors (Lipinski definition) is 7. The van der Waals surface area contributed by atoms with Crippen LogP contribution in [0.25, 0.3) is 6.08 Å². The number of hydrogen-bond donors (Lipinski definition) is 0. The van der Waals surface area contributed by atoms with Crippen molar-refractivity contribution < 1.29 is 23.8 Å². The lowest BCUT2D eigenvalue weighted by atomic mass is 9.94. The van der Waals surface area contributed by atoms with E-state index in [0.29, 0.717) is 26.3 Å². The van der Waals surface area contributed by atoms with Crippen LogP contribution in [0.5, 0.6) is 11.5 Å². The number of methoxy groups -OCH3 is 2. The van der Waals surface area contributed by atoms with Crippen LogP contribution >= 0.6 is 24.0 Å². The van der Waals surface area contributed by atoms with Gasteiger partial charge in [-0.3, -0.25) is 9.69 Å². The van der Waals surface area contributed by atoms with Gasteiger partial charge < -0.3 is 14.2 Å². The first-order valence-corrected chi connectivity index (χ1v) is 10.4. The molecule has 6 nitrogen and oxygen atoms in total. The number of rotatable bonds is 6. The first-order chi connectivity index (χ1) is 13.5. The molecule has 0 spiro atoms. The lowest BCUT2D eigenvalue weighted by Gasteiger charge is -2.29. The molecule has 1 saturated carbocycles. The summed E-state index contributed by atoms with van der Waals surface area (Å²) in [7, 11) is 2.82. The Kier molecular flexibility index (Phi) is 6.96. The van der Waals surface area contributed by atoms with E-state index in [1.165, 1.54) is 32.4 Å². The maximum Gasteiger partial charge on any atom is 0.343 e. The minimum atomic E-state index is -0.500. The third kappa shape index (κ3) is 4.50. The highest BCUT2D eigenvalue weighted by molar-refractivity contribution is 8.26. The first kappa shape index (κ1) is 20.7. The zero-order chi connectivity index (χ0) is 20.1. The largest absolute Gasteiger partial charge is 0.493 e. The number of thiocarbonyl (C=S) groups is 1. The number of carbonyl (C=O) groups is 2. The van der Waals surface area contributed by atoms with Crippen molar-refractivity contribution >= 4 is 46.3 Å². The monoisotopic (exact) mass is 421 g/mol. The van der Waals surface area contributed by atoms with Crippen LogP contribution < -0.4 is 9.47 Å². The van der Waals surface area contributed by atoms with Gasteiger partial charge in [0.1, 0.15) is 4.32 Å². The van der Waals surface area contributed by atoms with E-state index in [4.69, 9.17) is 21.7 Å². The molecule has 0 radical (unpaired) electrons. The van der Waals surface area contributed by atoms with Gasteiger partial charge >= 0.3 is 5.97 Å². The van der Waals surface area contributed by atoms with E-state index >= 15 is 0 Å². The van der Waals surface area contributed by atoms with E-state index in [9.17, 15) is 9.59 Å². The van der Waals surface area contributed by atoms with Crippen LogP contribution in [0.15, 0.2) is 23.1 Å². The van der Waals surface area contributed by atoms with E-state index in [1.54, 1.807) is 23.1 Å². The second-order valence-electron chi connectivity index (χ2n) is 6.59. The predicted octanol–water partition coefficient (Wildman–Crippen LogP) is 3.78. The molecule has 0 aromatic heterocycles. The van der Waals surface area contributed by atoms with Gasteiger partial charge in [-0.25, -0.2) is 4.79 Å². The Balaban J connectivity index is 1.87. The van der Waals surface area contributed by atoms with Crippen molar-refractivity contribution in [3.05, 3.63) is 28.7 Å². The number of nitrogens with zero attached hydrogens (tertiary/aromatic N) is 1. The van der Waals surface area contributed by atoms with E-state index < -0.39 is 5.97 Å². The third-order valence-electron chi connectivity index (χ3n) is 4.84. The minimum absolute atomic E-state index is 0.0661. The molecule has 3 rings (SSSR count). The molecular weight excluding hydrogens is 398 g/mol. The van der Waals surface area contributed by atoms with Crippen LogP contribution in [-0.2, 0) is 14.3 Å². The maximum absolute atomic E-state index is 13.0. The molecular formula is C20H23NO5S2. The standard InChI is InChI=1S/C20H23NO5S2/c1-24-15-10-6-7-13(18(15)26-12-17(22)25-2)11-16-19(23)21(20(27)28-16)14-8-4-3-5-9-14/h6-7,10-11,14H,3-5,8-9,12H2,1-2H3/b16-11-. The summed E-state index contributed by atoms with van der Waals surface area (Å²) in [6, 6.07) is 5.53. The molecule has 8 heteroatoms. The van der Waals surface area contributed by atoms with Crippen molar-refractivity contribution in [3.63, 3.8) is 0 Å². The van der Waals surface area contributed by atoms with E-state index in [1.807, 2.05) is 6.07 Å². The van der Waals surface area contributed by atoms with Crippen LogP contribution in [-0.4, -0.2) is 48.0 Å². The van der Waals surface area contributed by atoms with Crippen LogP contribution in [0.2, 0.25) is 0 Å². The highest BCUT2D eigenvalue weighted by atomic mass is 32.2. The van der Waals surface area contributed by atoms with Gasteiger partial charge in [0.05, 0.1) is 19.1 Å². The van der Waals surface area contributed by atoms with Gasteiger partial charge in [-0.05, 0) is 25.0 Å². The first-order valence-electron chi connectivity index (χ1n) is 9.18. The van der Waals surface area contributed by atoms with Gasteiger partial charge in [0, 0.05) is 11.6 Å². The van der Waals surface area contributed by atoms with Gasteiger partial charge in [-0.1, -0.05) is 55.4 Å². The maximum atomic E-state index is 13.0. The van der Waals surface area contributed by atoms with Gasteiger partial charge in [0.25, 0.3) is 5.91 Å². The molecule has 1 aliphatic heterocycles. The molecule has 1 amide bonds. The number of esters is 1. The topological polar surface area (TPSA) is 65.1 Å². The molecule has 2 fully saturated rings. The molecule has 0 atom stereocenters. The quantitative estimate of drug-likeness (QED) is 0.393. The number of para-hydroxylation sites is 1. The summed E-state index contributed by atoms with van der Waals surface area (Å²) in [5.41, 5.74) is 0.646. The fourth-order valence-electron chi connectivity index (χ4n) is 3.43.